The van der Waals surface area contributed by atoms with E-state index in [1.165, 1.54) is 25.3 Å². The zero-order valence-corrected chi connectivity index (χ0v) is 27.9. The molecule has 1 aromatic carbocycles. The molecule has 0 bridgehead atoms. The summed E-state index contributed by atoms with van der Waals surface area (Å²) in [6.07, 6.45) is 0.0899. The molecule has 260 valence electrons. The lowest BCUT2D eigenvalue weighted by atomic mass is 10.0. The number of aromatic nitrogens is 4. The van der Waals surface area contributed by atoms with Crippen LogP contribution in [0.2, 0.25) is 0 Å². The number of sulfone groups is 1. The van der Waals surface area contributed by atoms with Crippen molar-refractivity contribution in [1.29, 1.82) is 0 Å². The molecule has 0 spiro atoms. The molecule has 4 heterocycles. The highest BCUT2D eigenvalue weighted by Crippen LogP contribution is 2.40. The van der Waals surface area contributed by atoms with Gasteiger partial charge in [-0.15, -0.1) is 0 Å². The number of fused-ring (bicyclic) bond motifs is 1. The fourth-order valence-corrected chi connectivity index (χ4v) is 6.57. The van der Waals surface area contributed by atoms with Gasteiger partial charge in [0.05, 0.1) is 22.2 Å². The molecule has 0 radical (unpaired) electrons. The Morgan fingerprint density at radius 3 is 2.45 bits per heavy atom. The molecule has 1 saturated heterocycles. The van der Waals surface area contributed by atoms with Gasteiger partial charge < -0.3 is 14.7 Å². The van der Waals surface area contributed by atoms with Gasteiger partial charge in [0, 0.05) is 50.7 Å². The number of likely N-dealkylation sites (N-methyl/N-ethyl adjacent to an activating group) is 1. The molecule has 0 aliphatic carbocycles. The first-order valence-corrected chi connectivity index (χ1v) is 16.8. The third-order valence-electron chi connectivity index (χ3n) is 7.97. The van der Waals surface area contributed by atoms with E-state index in [1.807, 2.05) is 19.0 Å². The van der Waals surface area contributed by atoms with Crippen LogP contribution < -0.4 is 10.6 Å². The van der Waals surface area contributed by atoms with Gasteiger partial charge in [-0.25, -0.2) is 36.5 Å². The Bertz CT molecular complexity index is 2150. The average Bonchev–Trinajstić information content (AvgIpc) is 3.00. The summed E-state index contributed by atoms with van der Waals surface area (Å²) in [5.74, 6) is -3.13. The number of halogens is 5. The number of pyridine rings is 2. The number of carbonyl (C=O) groups excluding carboxylic acids is 1. The van der Waals surface area contributed by atoms with Gasteiger partial charge in [0.25, 0.3) is 0 Å². The quantitative estimate of drug-likeness (QED) is 0.208. The van der Waals surface area contributed by atoms with Crippen molar-refractivity contribution in [2.45, 2.75) is 31.1 Å². The predicted octanol–water partition coefficient (Wildman–Crippen LogP) is 4.01. The van der Waals surface area contributed by atoms with E-state index in [-0.39, 0.29) is 48.0 Å². The molecule has 1 atom stereocenters. The molecule has 1 fully saturated rings. The highest BCUT2D eigenvalue weighted by atomic mass is 32.2. The van der Waals surface area contributed by atoms with Crippen molar-refractivity contribution in [2.75, 3.05) is 51.4 Å². The monoisotopic (exact) mass is 705 g/mol. The minimum atomic E-state index is -5.11. The third kappa shape index (κ3) is 7.03. The van der Waals surface area contributed by atoms with E-state index in [2.05, 4.69) is 15.0 Å². The Balaban J connectivity index is 1.77. The highest BCUT2D eigenvalue weighted by Gasteiger charge is 2.37. The summed E-state index contributed by atoms with van der Waals surface area (Å²) in [6, 6.07) is 3.79. The maximum absolute atomic E-state index is 16.0. The smallest absolute Gasteiger partial charge is 0.350 e. The standard InChI is InChI=1S/C32H32F5N7O4S/c1-18-11-12-38-30(49(5,47)48)27(18)44-29-20(16-23(34)26(39-29)25-21(32(35,36)37)8-6-9-22(25)33)28(40-31(44)46)43-15-14-42(17-19(43)2)24(45)10-7-13-41(3)4/h6-12,16,19H,13-15,17H2,1-5H3/b10-7+/t19-/m0/s1. The number of hydrogen-bond acceptors (Lipinski definition) is 9. The van der Waals surface area contributed by atoms with E-state index in [4.69, 9.17) is 0 Å². The Hall–Kier alpha value is -4.77. The first-order valence-electron chi connectivity index (χ1n) is 14.9. The van der Waals surface area contributed by atoms with Gasteiger partial charge in [-0.3, -0.25) is 4.79 Å². The Kier molecular flexibility index (Phi) is 9.62. The number of hydrogen-bond donors (Lipinski definition) is 0. The summed E-state index contributed by atoms with van der Waals surface area (Å²) in [7, 11) is -0.420. The second-order valence-corrected chi connectivity index (χ2v) is 13.9. The first-order chi connectivity index (χ1) is 22.9. The molecule has 5 rings (SSSR count). The summed E-state index contributed by atoms with van der Waals surface area (Å²) in [4.78, 5) is 44.1. The molecule has 1 aliphatic rings. The zero-order chi connectivity index (χ0) is 36.0. The van der Waals surface area contributed by atoms with Crippen LogP contribution in [0.5, 0.6) is 0 Å². The summed E-state index contributed by atoms with van der Waals surface area (Å²) in [5.41, 5.74) is -5.45. The van der Waals surface area contributed by atoms with Crippen LogP contribution in [0.25, 0.3) is 28.0 Å². The minimum absolute atomic E-state index is 0.107. The highest BCUT2D eigenvalue weighted by molar-refractivity contribution is 7.90. The number of nitrogens with zero attached hydrogens (tertiary/aromatic N) is 7. The number of aryl methyl sites for hydroxylation is 1. The normalized spacial score (nSPS) is 15.9. The van der Waals surface area contributed by atoms with Crippen LogP contribution in [0.3, 0.4) is 0 Å². The van der Waals surface area contributed by atoms with Crippen LogP contribution in [0.1, 0.15) is 18.1 Å². The topological polar surface area (TPSA) is 122 Å². The average molecular weight is 706 g/mol. The van der Waals surface area contributed by atoms with Crippen molar-refractivity contribution in [3.05, 3.63) is 81.9 Å². The Morgan fingerprint density at radius 1 is 1.10 bits per heavy atom. The number of piperazine rings is 1. The third-order valence-corrected chi connectivity index (χ3v) is 8.97. The van der Waals surface area contributed by atoms with Gasteiger partial charge in [-0.2, -0.15) is 18.2 Å². The zero-order valence-electron chi connectivity index (χ0n) is 27.1. The summed E-state index contributed by atoms with van der Waals surface area (Å²) in [5, 5.41) is -0.742. The molecular weight excluding hydrogens is 673 g/mol. The van der Waals surface area contributed by atoms with E-state index < -0.39 is 66.9 Å². The number of carbonyl (C=O) groups is 1. The van der Waals surface area contributed by atoms with Gasteiger partial charge in [-0.1, -0.05) is 12.1 Å². The van der Waals surface area contributed by atoms with Gasteiger partial charge in [-0.05, 0) is 57.8 Å². The molecule has 17 heteroatoms. The number of alkyl halides is 3. The van der Waals surface area contributed by atoms with E-state index >= 15 is 8.78 Å². The Labute approximate surface area is 278 Å². The summed E-state index contributed by atoms with van der Waals surface area (Å²) >= 11 is 0. The minimum Gasteiger partial charge on any atom is -0.350 e. The van der Waals surface area contributed by atoms with Crippen molar-refractivity contribution < 1.29 is 35.2 Å². The molecule has 11 nitrogen and oxygen atoms in total. The SMILES string of the molecule is Cc1ccnc(S(C)(=O)=O)c1-n1c(=O)nc(N2CCN(C(=O)/C=C/CN(C)C)C[C@@H]2C)c2cc(F)c(-c3c(F)cccc3C(F)(F)F)nc21. The summed E-state index contributed by atoms with van der Waals surface area (Å²) in [6.45, 7) is 4.22. The van der Waals surface area contributed by atoms with Crippen LogP contribution in [-0.2, 0) is 20.8 Å². The van der Waals surface area contributed by atoms with Crippen LogP contribution in [0, 0.1) is 18.6 Å². The van der Waals surface area contributed by atoms with Gasteiger partial charge >= 0.3 is 11.9 Å². The maximum Gasteiger partial charge on any atom is 0.417 e. The second kappa shape index (κ2) is 13.3. The second-order valence-electron chi connectivity index (χ2n) is 11.9. The molecule has 0 saturated carbocycles. The lowest BCUT2D eigenvalue weighted by molar-refractivity contribution is -0.137. The van der Waals surface area contributed by atoms with E-state index in [0.29, 0.717) is 18.7 Å². The van der Waals surface area contributed by atoms with Gasteiger partial charge in [0.2, 0.25) is 5.91 Å². The van der Waals surface area contributed by atoms with Crippen molar-refractivity contribution in [3.63, 3.8) is 0 Å². The summed E-state index contributed by atoms with van der Waals surface area (Å²) < 4.78 is 99.7. The lowest BCUT2D eigenvalue weighted by Gasteiger charge is -2.40. The van der Waals surface area contributed by atoms with Crippen LogP contribution in [-0.4, -0.2) is 96.2 Å². The van der Waals surface area contributed by atoms with Crippen molar-refractivity contribution in [2.24, 2.45) is 0 Å². The number of benzene rings is 1. The van der Waals surface area contributed by atoms with E-state index in [1.54, 1.807) is 22.8 Å². The van der Waals surface area contributed by atoms with Gasteiger partial charge in [0.15, 0.2) is 26.3 Å². The van der Waals surface area contributed by atoms with Crippen LogP contribution >= 0.6 is 0 Å². The molecule has 49 heavy (non-hydrogen) atoms. The van der Waals surface area contributed by atoms with E-state index in [0.717, 1.165) is 23.0 Å². The number of anilines is 1. The Morgan fingerprint density at radius 2 is 1.82 bits per heavy atom. The number of amides is 1. The molecule has 0 N–H and O–H groups in total. The first kappa shape index (κ1) is 35.5. The number of rotatable bonds is 7. The lowest BCUT2D eigenvalue weighted by Crippen LogP contribution is -2.54. The van der Waals surface area contributed by atoms with Crippen molar-refractivity contribution in [3.8, 4) is 16.9 Å². The van der Waals surface area contributed by atoms with Crippen LogP contribution in [0.15, 0.2) is 58.5 Å². The largest absolute Gasteiger partial charge is 0.417 e. The van der Waals surface area contributed by atoms with Gasteiger partial charge in [0.1, 0.15) is 17.3 Å². The molecule has 1 amide bonds. The van der Waals surface area contributed by atoms with Crippen molar-refractivity contribution >= 4 is 32.6 Å². The molecule has 3 aromatic heterocycles. The molecular formula is C32H32F5N7O4S. The fraction of sp³-hybridized carbons (Fsp3) is 0.344. The predicted molar refractivity (Wildman–Crippen MR) is 172 cm³/mol. The fourth-order valence-electron chi connectivity index (χ4n) is 5.71. The maximum atomic E-state index is 16.0. The van der Waals surface area contributed by atoms with Crippen molar-refractivity contribution in [1.82, 2.24) is 29.3 Å². The van der Waals surface area contributed by atoms with Crippen LogP contribution in [0.4, 0.5) is 27.8 Å². The molecule has 0 unspecified atom stereocenters. The molecule has 1 aliphatic heterocycles. The molecule has 4 aromatic rings. The van der Waals surface area contributed by atoms with E-state index in [9.17, 15) is 31.2 Å².